The van der Waals surface area contributed by atoms with E-state index in [9.17, 15) is 5.11 Å². The van der Waals surface area contributed by atoms with Crippen LogP contribution >= 0.6 is 23.4 Å². The van der Waals surface area contributed by atoms with Crippen molar-refractivity contribution in [3.05, 3.63) is 41.4 Å². The molecular weight excluding hydrogens is 270 g/mol. The average molecular weight is 284 g/mol. The van der Waals surface area contributed by atoms with Crippen molar-refractivity contribution in [1.29, 1.82) is 0 Å². The maximum Gasteiger partial charge on any atom is 0.138 e. The minimum Gasteiger partial charge on any atom is -0.392 e. The van der Waals surface area contributed by atoms with E-state index in [0.29, 0.717) is 12.2 Å². The molecule has 0 fully saturated rings. The van der Waals surface area contributed by atoms with Gasteiger partial charge in [0.25, 0.3) is 0 Å². The minimum absolute atomic E-state index is 0.437. The summed E-state index contributed by atoms with van der Waals surface area (Å²) in [6, 6.07) is 7.59. The van der Waals surface area contributed by atoms with E-state index in [2.05, 4.69) is 10.1 Å². The SMILES string of the molecule is Cn1ncnc1CC(O)CSc1ccc(Cl)cc1. The van der Waals surface area contributed by atoms with Crippen LogP contribution in [0.15, 0.2) is 35.5 Å². The molecule has 4 nitrogen and oxygen atoms in total. The third-order valence-corrected chi connectivity index (χ3v) is 3.89. The number of aliphatic hydroxyl groups is 1. The van der Waals surface area contributed by atoms with E-state index < -0.39 is 6.10 Å². The summed E-state index contributed by atoms with van der Waals surface area (Å²) in [6.45, 7) is 0. The van der Waals surface area contributed by atoms with Gasteiger partial charge in [0.2, 0.25) is 0 Å². The van der Waals surface area contributed by atoms with Crippen molar-refractivity contribution >= 4 is 23.4 Å². The first-order chi connectivity index (χ1) is 8.65. The highest BCUT2D eigenvalue weighted by Crippen LogP contribution is 2.21. The monoisotopic (exact) mass is 283 g/mol. The van der Waals surface area contributed by atoms with Gasteiger partial charge in [-0.05, 0) is 24.3 Å². The van der Waals surface area contributed by atoms with Crippen LogP contribution in [0.1, 0.15) is 5.82 Å². The van der Waals surface area contributed by atoms with Gasteiger partial charge in [0.15, 0.2) is 0 Å². The summed E-state index contributed by atoms with van der Waals surface area (Å²) < 4.78 is 1.68. The van der Waals surface area contributed by atoms with Gasteiger partial charge in [0.05, 0.1) is 6.10 Å². The molecule has 0 bridgehead atoms. The fourth-order valence-electron chi connectivity index (χ4n) is 1.50. The second kappa shape index (κ2) is 6.22. The van der Waals surface area contributed by atoms with Gasteiger partial charge in [0.1, 0.15) is 12.2 Å². The molecule has 1 unspecified atom stereocenters. The van der Waals surface area contributed by atoms with Crippen LogP contribution in [0.2, 0.25) is 5.02 Å². The Bertz CT molecular complexity index is 500. The van der Waals surface area contributed by atoms with Crippen molar-refractivity contribution in [2.75, 3.05) is 5.75 Å². The Balaban J connectivity index is 1.83. The number of thioether (sulfide) groups is 1. The zero-order valence-electron chi connectivity index (χ0n) is 9.95. The van der Waals surface area contributed by atoms with Gasteiger partial charge in [-0.3, -0.25) is 4.68 Å². The molecule has 1 N–H and O–H groups in total. The summed E-state index contributed by atoms with van der Waals surface area (Å²) in [6.07, 6.45) is 1.57. The highest BCUT2D eigenvalue weighted by molar-refractivity contribution is 7.99. The van der Waals surface area contributed by atoms with Gasteiger partial charge in [-0.15, -0.1) is 11.8 Å². The predicted molar refractivity (Wildman–Crippen MR) is 72.9 cm³/mol. The van der Waals surface area contributed by atoms with E-state index in [1.807, 2.05) is 31.3 Å². The molecule has 1 atom stereocenters. The lowest BCUT2D eigenvalue weighted by Gasteiger charge is -2.09. The summed E-state index contributed by atoms with van der Waals surface area (Å²) in [4.78, 5) is 5.18. The van der Waals surface area contributed by atoms with Crippen LogP contribution in [0.4, 0.5) is 0 Å². The number of aliphatic hydroxyl groups excluding tert-OH is 1. The summed E-state index contributed by atoms with van der Waals surface area (Å²) in [5.41, 5.74) is 0. The van der Waals surface area contributed by atoms with Crippen molar-refractivity contribution in [2.45, 2.75) is 17.4 Å². The largest absolute Gasteiger partial charge is 0.392 e. The molecule has 0 spiro atoms. The Kier molecular flexibility index (Phi) is 4.63. The first kappa shape index (κ1) is 13.4. The summed E-state index contributed by atoms with van der Waals surface area (Å²) in [7, 11) is 1.82. The average Bonchev–Trinajstić information content (AvgIpc) is 2.74. The number of halogens is 1. The highest BCUT2D eigenvalue weighted by atomic mass is 35.5. The summed E-state index contributed by atoms with van der Waals surface area (Å²) in [5, 5.41) is 14.6. The van der Waals surface area contributed by atoms with Crippen LogP contribution in [0.3, 0.4) is 0 Å². The number of rotatable bonds is 5. The molecule has 0 aliphatic carbocycles. The van der Waals surface area contributed by atoms with E-state index in [1.54, 1.807) is 16.4 Å². The quantitative estimate of drug-likeness (QED) is 0.855. The van der Waals surface area contributed by atoms with Crippen molar-refractivity contribution in [2.24, 2.45) is 7.05 Å². The Labute approximate surface area is 115 Å². The summed E-state index contributed by atoms with van der Waals surface area (Å²) >= 11 is 7.41. The van der Waals surface area contributed by atoms with Crippen molar-refractivity contribution < 1.29 is 5.11 Å². The van der Waals surface area contributed by atoms with Gasteiger partial charge < -0.3 is 5.11 Å². The number of aromatic nitrogens is 3. The number of aryl methyl sites for hydroxylation is 1. The molecule has 1 aromatic carbocycles. The van der Waals surface area contributed by atoms with E-state index >= 15 is 0 Å². The van der Waals surface area contributed by atoms with Crippen LogP contribution in [-0.2, 0) is 13.5 Å². The third kappa shape index (κ3) is 3.73. The molecule has 1 heterocycles. The lowest BCUT2D eigenvalue weighted by Crippen LogP contribution is -2.16. The second-order valence-electron chi connectivity index (χ2n) is 3.92. The van der Waals surface area contributed by atoms with E-state index in [0.717, 1.165) is 15.7 Å². The van der Waals surface area contributed by atoms with Gasteiger partial charge >= 0.3 is 0 Å². The fourth-order valence-corrected chi connectivity index (χ4v) is 2.46. The number of benzene rings is 1. The minimum atomic E-state index is -0.437. The van der Waals surface area contributed by atoms with E-state index in [-0.39, 0.29) is 0 Å². The first-order valence-corrected chi connectivity index (χ1v) is 6.91. The zero-order chi connectivity index (χ0) is 13.0. The predicted octanol–water partition coefficient (Wildman–Crippen LogP) is 2.16. The lowest BCUT2D eigenvalue weighted by atomic mass is 10.3. The number of nitrogens with zero attached hydrogens (tertiary/aromatic N) is 3. The summed E-state index contributed by atoms with van der Waals surface area (Å²) in [5.74, 6) is 1.41. The van der Waals surface area contributed by atoms with Gasteiger partial charge in [-0.2, -0.15) is 5.10 Å². The Morgan fingerprint density at radius 1 is 1.39 bits per heavy atom. The standard InChI is InChI=1S/C12H14ClN3OS/c1-16-12(14-8-15-16)6-10(17)7-18-11-4-2-9(13)3-5-11/h2-5,8,10,17H,6-7H2,1H3. The Morgan fingerprint density at radius 3 is 2.72 bits per heavy atom. The maximum absolute atomic E-state index is 9.93. The van der Waals surface area contributed by atoms with Crippen LogP contribution in [0, 0.1) is 0 Å². The van der Waals surface area contributed by atoms with Crippen LogP contribution in [0.5, 0.6) is 0 Å². The molecule has 0 saturated heterocycles. The normalized spacial score (nSPS) is 12.6. The molecule has 18 heavy (non-hydrogen) atoms. The topological polar surface area (TPSA) is 50.9 Å². The third-order valence-electron chi connectivity index (χ3n) is 2.48. The van der Waals surface area contributed by atoms with Crippen molar-refractivity contribution in [3.63, 3.8) is 0 Å². The molecule has 6 heteroatoms. The number of hydrogen-bond acceptors (Lipinski definition) is 4. The molecule has 2 aromatic rings. The maximum atomic E-state index is 9.93. The lowest BCUT2D eigenvalue weighted by molar-refractivity contribution is 0.196. The van der Waals surface area contributed by atoms with Gasteiger partial charge in [0, 0.05) is 29.1 Å². The second-order valence-corrected chi connectivity index (χ2v) is 5.45. The van der Waals surface area contributed by atoms with Gasteiger partial charge in [-0.25, -0.2) is 4.98 Å². The first-order valence-electron chi connectivity index (χ1n) is 5.54. The highest BCUT2D eigenvalue weighted by Gasteiger charge is 2.10. The fraction of sp³-hybridized carbons (Fsp3) is 0.333. The van der Waals surface area contributed by atoms with Crippen LogP contribution in [-0.4, -0.2) is 31.7 Å². The molecule has 0 aliphatic heterocycles. The van der Waals surface area contributed by atoms with E-state index in [4.69, 9.17) is 11.6 Å². The van der Waals surface area contributed by atoms with Gasteiger partial charge in [-0.1, -0.05) is 11.6 Å². The molecule has 0 aliphatic rings. The van der Waals surface area contributed by atoms with E-state index in [1.165, 1.54) is 6.33 Å². The van der Waals surface area contributed by atoms with Crippen molar-refractivity contribution in [1.82, 2.24) is 14.8 Å². The van der Waals surface area contributed by atoms with Crippen molar-refractivity contribution in [3.8, 4) is 0 Å². The Hall–Kier alpha value is -1.04. The van der Waals surface area contributed by atoms with Crippen LogP contribution in [0.25, 0.3) is 0 Å². The molecule has 0 amide bonds. The molecule has 2 rings (SSSR count). The molecule has 1 aromatic heterocycles. The zero-order valence-corrected chi connectivity index (χ0v) is 11.5. The van der Waals surface area contributed by atoms with Crippen LogP contribution < -0.4 is 0 Å². The molecule has 96 valence electrons. The molecule has 0 radical (unpaired) electrons. The molecule has 0 saturated carbocycles. The molecular formula is C12H14ClN3OS. The smallest absolute Gasteiger partial charge is 0.138 e. The Morgan fingerprint density at radius 2 is 2.11 bits per heavy atom. The number of hydrogen-bond donors (Lipinski definition) is 1.